The van der Waals surface area contributed by atoms with Gasteiger partial charge in [-0.25, -0.2) is 4.98 Å². The quantitative estimate of drug-likeness (QED) is 0.656. The van der Waals surface area contributed by atoms with Gasteiger partial charge in [0.2, 0.25) is 0 Å². The standard InChI is InChI=1S/C11H10N4O2/c16-10(8-4-2-1-3-5-8)14-15-11(17)9-12-6-7-13-9/h1-7H,(H,12,13)(H,14,16)(H,15,17). The predicted molar refractivity (Wildman–Crippen MR) is 60.0 cm³/mol. The van der Waals surface area contributed by atoms with Crippen LogP contribution in [0.2, 0.25) is 0 Å². The molecular weight excluding hydrogens is 220 g/mol. The molecule has 17 heavy (non-hydrogen) atoms. The van der Waals surface area contributed by atoms with Crippen LogP contribution in [0.25, 0.3) is 0 Å². The van der Waals surface area contributed by atoms with Gasteiger partial charge in [-0.15, -0.1) is 0 Å². The van der Waals surface area contributed by atoms with Crippen molar-refractivity contribution in [1.29, 1.82) is 0 Å². The van der Waals surface area contributed by atoms with Gasteiger partial charge in [0.15, 0.2) is 5.82 Å². The van der Waals surface area contributed by atoms with Gasteiger partial charge < -0.3 is 4.98 Å². The number of hydrogen-bond donors (Lipinski definition) is 3. The minimum Gasteiger partial charge on any atom is -0.340 e. The molecule has 0 saturated carbocycles. The van der Waals surface area contributed by atoms with E-state index < -0.39 is 5.91 Å². The number of benzene rings is 1. The van der Waals surface area contributed by atoms with Gasteiger partial charge in [-0.3, -0.25) is 20.4 Å². The molecule has 2 rings (SSSR count). The highest BCUT2D eigenvalue weighted by molar-refractivity contribution is 5.97. The largest absolute Gasteiger partial charge is 0.340 e. The lowest BCUT2D eigenvalue weighted by atomic mass is 10.2. The lowest BCUT2D eigenvalue weighted by Gasteiger charge is -2.05. The molecule has 0 atom stereocenters. The number of hydrazine groups is 1. The number of H-pyrrole nitrogens is 1. The van der Waals surface area contributed by atoms with Crippen molar-refractivity contribution >= 4 is 11.8 Å². The van der Waals surface area contributed by atoms with Gasteiger partial charge in [-0.05, 0) is 12.1 Å². The normalized spacial score (nSPS) is 9.65. The molecule has 3 N–H and O–H groups in total. The summed E-state index contributed by atoms with van der Waals surface area (Å²) < 4.78 is 0. The lowest BCUT2D eigenvalue weighted by Crippen LogP contribution is -2.42. The van der Waals surface area contributed by atoms with Crippen LogP contribution in [0, 0.1) is 0 Å². The number of nitrogens with one attached hydrogen (secondary N) is 3. The summed E-state index contributed by atoms with van der Waals surface area (Å²) in [7, 11) is 0. The number of carbonyl (C=O) groups excluding carboxylic acids is 2. The minimum atomic E-state index is -0.501. The van der Waals surface area contributed by atoms with Crippen LogP contribution in [-0.2, 0) is 0 Å². The maximum absolute atomic E-state index is 11.6. The van der Waals surface area contributed by atoms with E-state index in [-0.39, 0.29) is 11.7 Å². The Kier molecular flexibility index (Phi) is 3.15. The number of imidazole rings is 1. The zero-order valence-corrected chi connectivity index (χ0v) is 8.81. The molecular formula is C11H10N4O2. The minimum absolute atomic E-state index is 0.137. The Morgan fingerprint density at radius 2 is 1.76 bits per heavy atom. The second-order valence-electron chi connectivity index (χ2n) is 3.21. The van der Waals surface area contributed by atoms with Crippen molar-refractivity contribution in [2.45, 2.75) is 0 Å². The molecule has 1 heterocycles. The van der Waals surface area contributed by atoms with Crippen molar-refractivity contribution in [2.75, 3.05) is 0 Å². The fourth-order valence-electron chi connectivity index (χ4n) is 1.22. The second-order valence-corrected chi connectivity index (χ2v) is 3.21. The third-order valence-corrected chi connectivity index (χ3v) is 2.04. The van der Waals surface area contributed by atoms with Crippen molar-refractivity contribution in [1.82, 2.24) is 20.8 Å². The Bertz CT molecular complexity index is 508. The second kappa shape index (κ2) is 4.93. The van der Waals surface area contributed by atoms with Crippen LogP contribution in [0.1, 0.15) is 21.0 Å². The van der Waals surface area contributed by atoms with Crippen molar-refractivity contribution in [3.8, 4) is 0 Å². The first-order valence-corrected chi connectivity index (χ1v) is 4.92. The molecule has 2 aromatic rings. The maximum atomic E-state index is 11.6. The summed E-state index contributed by atoms with van der Waals surface area (Å²) in [5, 5.41) is 0. The molecule has 1 aromatic carbocycles. The number of aromatic nitrogens is 2. The number of nitrogens with zero attached hydrogens (tertiary/aromatic N) is 1. The molecule has 1 aromatic heterocycles. The van der Waals surface area contributed by atoms with Gasteiger partial charge in [0, 0.05) is 18.0 Å². The molecule has 0 aliphatic carbocycles. The Labute approximate surface area is 97.0 Å². The van der Waals surface area contributed by atoms with Crippen molar-refractivity contribution < 1.29 is 9.59 Å². The summed E-state index contributed by atoms with van der Waals surface area (Å²) in [6.45, 7) is 0. The predicted octanol–water partition coefficient (Wildman–Crippen LogP) is 0.484. The van der Waals surface area contributed by atoms with E-state index in [1.54, 1.807) is 30.3 Å². The van der Waals surface area contributed by atoms with Crippen molar-refractivity contribution in [3.63, 3.8) is 0 Å². The number of rotatable bonds is 2. The zero-order valence-electron chi connectivity index (χ0n) is 8.81. The van der Waals surface area contributed by atoms with Gasteiger partial charge in [-0.2, -0.15) is 0 Å². The van der Waals surface area contributed by atoms with E-state index in [0.29, 0.717) is 5.56 Å². The Balaban J connectivity index is 1.91. The first kappa shape index (κ1) is 10.9. The Morgan fingerprint density at radius 1 is 1.06 bits per heavy atom. The van der Waals surface area contributed by atoms with Gasteiger partial charge in [0.1, 0.15) is 0 Å². The molecule has 6 heteroatoms. The topological polar surface area (TPSA) is 86.9 Å². The average Bonchev–Trinajstić information content (AvgIpc) is 2.90. The average molecular weight is 230 g/mol. The third kappa shape index (κ3) is 2.69. The lowest BCUT2D eigenvalue weighted by molar-refractivity contribution is 0.0841. The first-order chi connectivity index (χ1) is 8.27. The highest BCUT2D eigenvalue weighted by atomic mass is 16.2. The van der Waals surface area contributed by atoms with E-state index in [0.717, 1.165) is 0 Å². The molecule has 2 amide bonds. The van der Waals surface area contributed by atoms with Gasteiger partial charge in [-0.1, -0.05) is 18.2 Å². The van der Waals surface area contributed by atoms with E-state index in [1.807, 2.05) is 0 Å². The number of hydrogen-bond acceptors (Lipinski definition) is 3. The Hall–Kier alpha value is -2.63. The number of amides is 2. The summed E-state index contributed by atoms with van der Waals surface area (Å²) in [5.74, 6) is -0.747. The van der Waals surface area contributed by atoms with E-state index in [9.17, 15) is 9.59 Å². The molecule has 0 fully saturated rings. The highest BCUT2D eigenvalue weighted by Crippen LogP contribution is 1.96. The molecule has 0 aliphatic heterocycles. The molecule has 0 unspecified atom stereocenters. The molecule has 0 spiro atoms. The van der Waals surface area contributed by atoms with Gasteiger partial charge in [0.25, 0.3) is 5.91 Å². The number of carbonyl (C=O) groups is 2. The van der Waals surface area contributed by atoms with Crippen LogP contribution in [-0.4, -0.2) is 21.8 Å². The summed E-state index contributed by atoms with van der Waals surface area (Å²) >= 11 is 0. The molecule has 86 valence electrons. The summed E-state index contributed by atoms with van der Waals surface area (Å²) in [5.41, 5.74) is 5.00. The fourth-order valence-corrected chi connectivity index (χ4v) is 1.22. The molecule has 0 bridgehead atoms. The van der Waals surface area contributed by atoms with Crippen LogP contribution in [0.3, 0.4) is 0 Å². The van der Waals surface area contributed by atoms with E-state index >= 15 is 0 Å². The van der Waals surface area contributed by atoms with Crippen LogP contribution in [0.5, 0.6) is 0 Å². The van der Waals surface area contributed by atoms with E-state index in [2.05, 4.69) is 20.8 Å². The van der Waals surface area contributed by atoms with Gasteiger partial charge >= 0.3 is 5.91 Å². The highest BCUT2D eigenvalue weighted by Gasteiger charge is 2.09. The molecule has 0 saturated heterocycles. The van der Waals surface area contributed by atoms with Crippen LogP contribution in [0.4, 0.5) is 0 Å². The van der Waals surface area contributed by atoms with Gasteiger partial charge in [0.05, 0.1) is 0 Å². The summed E-state index contributed by atoms with van der Waals surface area (Å²) in [6, 6.07) is 8.58. The maximum Gasteiger partial charge on any atom is 0.305 e. The smallest absolute Gasteiger partial charge is 0.305 e. The van der Waals surface area contributed by atoms with Crippen LogP contribution >= 0.6 is 0 Å². The van der Waals surface area contributed by atoms with Crippen LogP contribution in [0.15, 0.2) is 42.7 Å². The van der Waals surface area contributed by atoms with E-state index in [4.69, 9.17) is 0 Å². The zero-order chi connectivity index (χ0) is 12.1. The molecule has 6 nitrogen and oxygen atoms in total. The monoisotopic (exact) mass is 230 g/mol. The first-order valence-electron chi connectivity index (χ1n) is 4.92. The fraction of sp³-hybridized carbons (Fsp3) is 0. The van der Waals surface area contributed by atoms with Crippen molar-refractivity contribution in [3.05, 3.63) is 54.1 Å². The number of aromatic amines is 1. The summed E-state index contributed by atoms with van der Waals surface area (Å²) in [6.07, 6.45) is 2.97. The van der Waals surface area contributed by atoms with E-state index in [1.165, 1.54) is 12.4 Å². The van der Waals surface area contributed by atoms with Crippen LogP contribution < -0.4 is 10.9 Å². The summed E-state index contributed by atoms with van der Waals surface area (Å²) in [4.78, 5) is 29.4. The molecule has 0 radical (unpaired) electrons. The Morgan fingerprint density at radius 3 is 2.41 bits per heavy atom. The SMILES string of the molecule is O=C(NNC(=O)c1ncc[nH]1)c1ccccc1. The third-order valence-electron chi connectivity index (χ3n) is 2.04. The van der Waals surface area contributed by atoms with Crippen molar-refractivity contribution in [2.24, 2.45) is 0 Å². The molecule has 0 aliphatic rings.